The summed E-state index contributed by atoms with van der Waals surface area (Å²) in [4.78, 5) is 0.412. The molecule has 6 rings (SSSR count). The Bertz CT molecular complexity index is 1200. The fraction of sp³-hybridized carbons (Fsp3) is 0.280. The van der Waals surface area contributed by atoms with Crippen LogP contribution >= 0.6 is 0 Å². The molecule has 3 saturated heterocycles. The molecule has 31 heavy (non-hydrogen) atoms. The van der Waals surface area contributed by atoms with Gasteiger partial charge in [-0.25, -0.2) is 8.42 Å². The summed E-state index contributed by atoms with van der Waals surface area (Å²) >= 11 is 0. The van der Waals surface area contributed by atoms with Crippen LogP contribution in [0.5, 0.6) is 5.75 Å². The lowest BCUT2D eigenvalue weighted by molar-refractivity contribution is 0.102. The first-order valence-electron chi connectivity index (χ1n) is 10.5. The van der Waals surface area contributed by atoms with Crippen LogP contribution in [0.25, 0.3) is 11.1 Å². The van der Waals surface area contributed by atoms with Crippen molar-refractivity contribution in [3.63, 3.8) is 0 Å². The van der Waals surface area contributed by atoms with E-state index < -0.39 is 10.0 Å². The van der Waals surface area contributed by atoms with Crippen LogP contribution in [-0.4, -0.2) is 45.0 Å². The SMILES string of the molecule is COc1cccc(-c2ccc(C3[C@@H]4CN(S(=O)(=O)c5ccccc5C)C[C@H]3N4)cc2)c1. The molecule has 3 aliphatic rings. The molecule has 0 aromatic heterocycles. The number of aryl methyl sites for hydroxylation is 1. The van der Waals surface area contributed by atoms with Gasteiger partial charge in [0.15, 0.2) is 0 Å². The van der Waals surface area contributed by atoms with Gasteiger partial charge in [0.05, 0.1) is 12.0 Å². The Labute approximate surface area is 183 Å². The van der Waals surface area contributed by atoms with Crippen LogP contribution in [0.15, 0.2) is 77.7 Å². The van der Waals surface area contributed by atoms with E-state index in [1.54, 1.807) is 23.5 Å². The van der Waals surface area contributed by atoms with Crippen molar-refractivity contribution in [2.45, 2.75) is 29.8 Å². The summed E-state index contributed by atoms with van der Waals surface area (Å²) in [6.45, 7) is 2.84. The maximum Gasteiger partial charge on any atom is 0.243 e. The van der Waals surface area contributed by atoms with Gasteiger partial charge in [-0.05, 0) is 47.4 Å². The van der Waals surface area contributed by atoms with E-state index in [-0.39, 0.29) is 12.1 Å². The molecule has 0 spiro atoms. The number of rotatable bonds is 5. The molecule has 6 heteroatoms. The van der Waals surface area contributed by atoms with E-state index in [9.17, 15) is 8.42 Å². The summed E-state index contributed by atoms with van der Waals surface area (Å²) in [6.07, 6.45) is 0. The van der Waals surface area contributed by atoms with Gasteiger partial charge >= 0.3 is 0 Å². The second-order valence-corrected chi connectivity index (χ2v) is 10.3. The molecule has 160 valence electrons. The molecule has 3 heterocycles. The zero-order valence-electron chi connectivity index (χ0n) is 17.7. The van der Waals surface area contributed by atoms with Crippen molar-refractivity contribution in [2.24, 2.45) is 0 Å². The lowest BCUT2D eigenvalue weighted by Gasteiger charge is -2.54. The molecular formula is C25H26N2O3S. The van der Waals surface area contributed by atoms with Crippen molar-refractivity contribution in [3.8, 4) is 16.9 Å². The van der Waals surface area contributed by atoms with Gasteiger partial charge in [0.2, 0.25) is 10.0 Å². The number of nitrogens with one attached hydrogen (secondary N) is 1. The molecule has 3 aromatic rings. The van der Waals surface area contributed by atoms with Crippen LogP contribution in [-0.2, 0) is 10.0 Å². The first kappa shape index (κ1) is 20.2. The molecule has 0 radical (unpaired) electrons. The lowest BCUT2D eigenvalue weighted by Crippen LogP contribution is -2.72. The minimum Gasteiger partial charge on any atom is -0.497 e. The maximum atomic E-state index is 13.2. The summed E-state index contributed by atoms with van der Waals surface area (Å²) in [5.74, 6) is 1.18. The first-order valence-corrected chi connectivity index (χ1v) is 12.0. The van der Waals surface area contributed by atoms with E-state index >= 15 is 0 Å². The van der Waals surface area contributed by atoms with Crippen molar-refractivity contribution in [1.82, 2.24) is 9.62 Å². The molecule has 5 nitrogen and oxygen atoms in total. The number of fused-ring (bicyclic) bond motifs is 2. The van der Waals surface area contributed by atoms with Gasteiger partial charge in [0.1, 0.15) is 5.75 Å². The zero-order valence-corrected chi connectivity index (χ0v) is 18.5. The highest BCUT2D eigenvalue weighted by Crippen LogP contribution is 2.39. The van der Waals surface area contributed by atoms with E-state index in [0.29, 0.717) is 23.9 Å². The smallest absolute Gasteiger partial charge is 0.243 e. The highest BCUT2D eigenvalue weighted by atomic mass is 32.2. The third-order valence-electron chi connectivity index (χ3n) is 6.51. The summed E-state index contributed by atoms with van der Waals surface area (Å²) in [7, 11) is -1.79. The van der Waals surface area contributed by atoms with E-state index in [1.165, 1.54) is 5.56 Å². The summed E-state index contributed by atoms with van der Waals surface area (Å²) < 4.78 is 33.3. The number of sulfonamides is 1. The van der Waals surface area contributed by atoms with Gasteiger partial charge in [-0.3, -0.25) is 0 Å². The van der Waals surface area contributed by atoms with Crippen molar-refractivity contribution >= 4 is 10.0 Å². The highest BCUT2D eigenvalue weighted by molar-refractivity contribution is 7.89. The molecule has 3 fully saturated rings. The van der Waals surface area contributed by atoms with Crippen molar-refractivity contribution in [1.29, 1.82) is 0 Å². The number of methoxy groups -OCH3 is 1. The minimum absolute atomic E-state index is 0.139. The molecule has 0 amide bonds. The Morgan fingerprint density at radius 3 is 2.29 bits per heavy atom. The average molecular weight is 435 g/mol. The number of piperidine rings is 1. The third kappa shape index (κ3) is 3.55. The molecule has 0 aliphatic carbocycles. The highest BCUT2D eigenvalue weighted by Gasteiger charge is 2.49. The number of hydrogen-bond acceptors (Lipinski definition) is 4. The van der Waals surface area contributed by atoms with Crippen molar-refractivity contribution in [3.05, 3.63) is 83.9 Å². The summed E-state index contributed by atoms with van der Waals surface area (Å²) in [5, 5.41) is 3.53. The van der Waals surface area contributed by atoms with Crippen LogP contribution < -0.4 is 10.1 Å². The largest absolute Gasteiger partial charge is 0.497 e. The van der Waals surface area contributed by atoms with Crippen LogP contribution in [0, 0.1) is 6.92 Å². The third-order valence-corrected chi connectivity index (χ3v) is 8.50. The number of hydrogen-bond donors (Lipinski definition) is 1. The van der Waals surface area contributed by atoms with Gasteiger partial charge in [0.25, 0.3) is 0 Å². The normalized spacial score (nSPS) is 23.2. The number of piperazine rings is 1. The minimum atomic E-state index is -3.47. The first-order chi connectivity index (χ1) is 15.0. The Hall–Kier alpha value is -2.67. The Morgan fingerprint density at radius 2 is 1.61 bits per heavy atom. The predicted octanol–water partition coefficient (Wildman–Crippen LogP) is 3.80. The van der Waals surface area contributed by atoms with Gasteiger partial charge in [-0.1, -0.05) is 54.6 Å². The molecule has 3 aromatic carbocycles. The van der Waals surface area contributed by atoms with E-state index in [0.717, 1.165) is 22.4 Å². The molecule has 0 saturated carbocycles. The standard InChI is InChI=1S/C25H26N2O3S/c1-17-6-3-4-9-24(17)31(28,29)27-15-22-25(23(16-27)26-22)19-12-10-18(11-13-19)20-7-5-8-21(14-20)30-2/h3-14,22-23,25-26H,15-16H2,1-2H3/t22-,23+,25?. The van der Waals surface area contributed by atoms with Crippen LogP contribution in [0.2, 0.25) is 0 Å². The Morgan fingerprint density at radius 1 is 0.903 bits per heavy atom. The van der Waals surface area contributed by atoms with Crippen LogP contribution in [0.1, 0.15) is 17.0 Å². The molecular weight excluding hydrogens is 408 g/mol. The van der Waals surface area contributed by atoms with Crippen LogP contribution in [0.3, 0.4) is 0 Å². The summed E-state index contributed by atoms with van der Waals surface area (Å²) in [5.41, 5.74) is 4.31. The second kappa shape index (κ2) is 7.79. The average Bonchev–Trinajstić information content (AvgIpc) is 2.80. The second-order valence-electron chi connectivity index (χ2n) is 8.35. The van der Waals surface area contributed by atoms with Gasteiger partial charge in [0, 0.05) is 31.1 Å². The van der Waals surface area contributed by atoms with Crippen molar-refractivity contribution < 1.29 is 13.2 Å². The van der Waals surface area contributed by atoms with Gasteiger partial charge in [-0.2, -0.15) is 4.31 Å². The summed E-state index contributed by atoms with van der Waals surface area (Å²) in [6, 6.07) is 24.1. The number of nitrogens with zero attached hydrogens (tertiary/aromatic N) is 1. The molecule has 3 atom stereocenters. The molecule has 1 N–H and O–H groups in total. The predicted molar refractivity (Wildman–Crippen MR) is 122 cm³/mol. The maximum absolute atomic E-state index is 13.2. The zero-order chi connectivity index (χ0) is 21.6. The molecule has 3 aliphatic heterocycles. The van der Waals surface area contributed by atoms with E-state index in [4.69, 9.17) is 4.74 Å². The monoisotopic (exact) mass is 434 g/mol. The van der Waals surface area contributed by atoms with E-state index in [1.807, 2.05) is 37.3 Å². The number of ether oxygens (including phenoxy) is 1. The Kier molecular flexibility index (Phi) is 5.08. The van der Waals surface area contributed by atoms with E-state index in [2.05, 4.69) is 35.6 Å². The van der Waals surface area contributed by atoms with Crippen LogP contribution in [0.4, 0.5) is 0 Å². The fourth-order valence-electron chi connectivity index (χ4n) is 4.84. The van der Waals surface area contributed by atoms with Gasteiger partial charge < -0.3 is 10.1 Å². The lowest BCUT2D eigenvalue weighted by atomic mass is 9.75. The number of benzene rings is 3. The molecule has 1 unspecified atom stereocenters. The van der Waals surface area contributed by atoms with Gasteiger partial charge in [-0.15, -0.1) is 0 Å². The Balaban J connectivity index is 1.33. The van der Waals surface area contributed by atoms with Crippen molar-refractivity contribution in [2.75, 3.05) is 20.2 Å². The molecule has 2 bridgehead atoms. The topological polar surface area (TPSA) is 58.6 Å². The quantitative estimate of drug-likeness (QED) is 0.664. The fourth-order valence-corrected chi connectivity index (χ4v) is 6.55.